The van der Waals surface area contributed by atoms with E-state index in [1.807, 2.05) is 12.2 Å². The molecule has 0 amide bonds. The predicted molar refractivity (Wildman–Crippen MR) is 229 cm³/mol. The summed E-state index contributed by atoms with van der Waals surface area (Å²) < 4.78 is 21.6. The number of ether oxygens (including phenoxy) is 4. The van der Waals surface area contributed by atoms with Crippen LogP contribution in [0.15, 0.2) is 109 Å². The molecule has 1 saturated heterocycles. The minimum atomic E-state index is -1.88. The van der Waals surface area contributed by atoms with Crippen LogP contribution in [0, 0.1) is 0 Å². The van der Waals surface area contributed by atoms with E-state index in [4.69, 9.17) is 18.9 Å². The number of aliphatic hydroxyl groups is 3. The quantitative estimate of drug-likeness (QED) is 0.0292. The number of hydrogen-bond acceptors (Lipinski definition) is 10. The van der Waals surface area contributed by atoms with Gasteiger partial charge in [0.25, 0.3) is 0 Å². The fraction of sp³-hybridized carbons (Fsp3) is 0.553. The lowest BCUT2D eigenvalue weighted by atomic mass is 9.99. The normalized spacial score (nSPS) is 21.2. The smallest absolute Gasteiger partial charge is 0.335 e. The van der Waals surface area contributed by atoms with E-state index in [0.717, 1.165) is 70.6 Å². The van der Waals surface area contributed by atoms with E-state index in [9.17, 15) is 34.8 Å². The molecule has 0 aromatic rings. The molecule has 6 unspecified atom stereocenters. The molecular weight excluding hydrogens is 741 g/mol. The molecule has 1 aliphatic heterocycles. The molecule has 1 fully saturated rings. The molecule has 58 heavy (non-hydrogen) atoms. The van der Waals surface area contributed by atoms with Gasteiger partial charge >= 0.3 is 17.9 Å². The molecule has 324 valence electrons. The van der Waals surface area contributed by atoms with Crippen molar-refractivity contribution in [3.05, 3.63) is 109 Å². The maximum Gasteiger partial charge on any atom is 0.335 e. The maximum absolute atomic E-state index is 12.7. The summed E-state index contributed by atoms with van der Waals surface area (Å²) in [4.78, 5) is 36.7. The zero-order chi connectivity index (χ0) is 42.5. The van der Waals surface area contributed by atoms with Crippen LogP contribution < -0.4 is 0 Å². The number of hydrogen-bond donors (Lipinski definition) is 4. The van der Waals surface area contributed by atoms with E-state index >= 15 is 0 Å². The molecule has 0 aromatic carbocycles. The van der Waals surface area contributed by atoms with Gasteiger partial charge in [0.05, 0.1) is 6.61 Å². The third-order valence-corrected chi connectivity index (χ3v) is 8.62. The van der Waals surface area contributed by atoms with Crippen LogP contribution in [0.5, 0.6) is 0 Å². The first-order valence-corrected chi connectivity index (χ1v) is 20.9. The van der Waals surface area contributed by atoms with E-state index in [2.05, 4.69) is 111 Å². The first-order valence-electron chi connectivity index (χ1n) is 20.9. The first-order chi connectivity index (χ1) is 28.2. The molecule has 11 nitrogen and oxygen atoms in total. The zero-order valence-corrected chi connectivity index (χ0v) is 34.7. The molecule has 6 atom stereocenters. The number of carbonyl (C=O) groups excluding carboxylic acids is 2. The van der Waals surface area contributed by atoms with Gasteiger partial charge in [-0.2, -0.15) is 0 Å². The van der Waals surface area contributed by atoms with Crippen LogP contribution in [0.25, 0.3) is 0 Å². The average Bonchev–Trinajstić information content (AvgIpc) is 3.21. The van der Waals surface area contributed by atoms with Gasteiger partial charge in [-0.15, -0.1) is 0 Å². The Bertz CT molecular complexity index is 1370. The van der Waals surface area contributed by atoms with Gasteiger partial charge in [0.2, 0.25) is 0 Å². The Hall–Kier alpha value is -4.13. The Balaban J connectivity index is 2.49. The van der Waals surface area contributed by atoms with Gasteiger partial charge in [0.15, 0.2) is 18.5 Å². The highest BCUT2D eigenvalue weighted by Crippen LogP contribution is 2.23. The Morgan fingerprint density at radius 2 is 0.966 bits per heavy atom. The molecule has 0 saturated carbocycles. The van der Waals surface area contributed by atoms with Crippen molar-refractivity contribution in [2.75, 3.05) is 13.2 Å². The van der Waals surface area contributed by atoms with Gasteiger partial charge in [-0.05, 0) is 89.9 Å². The molecule has 0 spiro atoms. The van der Waals surface area contributed by atoms with Crippen LogP contribution in [-0.2, 0) is 33.3 Å². The SMILES string of the molecule is CC/C=C\C/C=C\C/C=C\C/C=C\C/C=C\CCCC(=O)OCC(COC1OC(C(=O)O)C(O)C(O)C1O)OC(=O)CCCC/C=C\C/C=C\C/C=C\C/C=C\CC. The van der Waals surface area contributed by atoms with Gasteiger partial charge in [-0.3, -0.25) is 9.59 Å². The molecule has 0 aromatic heterocycles. The molecule has 0 aliphatic carbocycles. The van der Waals surface area contributed by atoms with Gasteiger partial charge in [-0.1, -0.05) is 123 Å². The van der Waals surface area contributed by atoms with E-state index in [-0.39, 0.29) is 19.4 Å². The fourth-order valence-electron chi connectivity index (χ4n) is 5.37. The third kappa shape index (κ3) is 27.5. The molecule has 0 radical (unpaired) electrons. The number of rotatable bonds is 32. The van der Waals surface area contributed by atoms with Crippen molar-refractivity contribution in [1.82, 2.24) is 0 Å². The molecular formula is C47H70O11. The lowest BCUT2D eigenvalue weighted by Crippen LogP contribution is -2.60. The van der Waals surface area contributed by atoms with Crippen LogP contribution in [0.1, 0.15) is 117 Å². The van der Waals surface area contributed by atoms with Gasteiger partial charge < -0.3 is 39.4 Å². The predicted octanol–water partition coefficient (Wildman–Crippen LogP) is 8.64. The second-order valence-corrected chi connectivity index (χ2v) is 13.7. The highest BCUT2D eigenvalue weighted by Gasteiger charge is 2.47. The van der Waals surface area contributed by atoms with E-state index in [0.29, 0.717) is 19.3 Å². The van der Waals surface area contributed by atoms with Crippen molar-refractivity contribution in [3.8, 4) is 0 Å². The second kappa shape index (κ2) is 36.0. The summed E-state index contributed by atoms with van der Waals surface area (Å²) in [7, 11) is 0. The second-order valence-electron chi connectivity index (χ2n) is 13.7. The number of carbonyl (C=O) groups is 3. The van der Waals surface area contributed by atoms with Crippen LogP contribution in [0.2, 0.25) is 0 Å². The molecule has 1 aliphatic rings. The average molecular weight is 811 g/mol. The summed E-state index contributed by atoms with van der Waals surface area (Å²) in [6, 6.07) is 0. The first kappa shape index (κ1) is 51.9. The molecule has 11 heteroatoms. The number of carboxylic acid groups (broad SMARTS) is 1. The maximum atomic E-state index is 12.7. The van der Waals surface area contributed by atoms with Crippen molar-refractivity contribution in [2.24, 2.45) is 0 Å². The highest BCUT2D eigenvalue weighted by atomic mass is 16.7. The van der Waals surface area contributed by atoms with Crippen LogP contribution in [-0.4, -0.2) is 88.4 Å². The Labute approximate surface area is 346 Å². The van der Waals surface area contributed by atoms with Crippen molar-refractivity contribution in [3.63, 3.8) is 0 Å². The number of allylic oxidation sites excluding steroid dienone is 18. The Kier molecular flexibility index (Phi) is 32.2. The van der Waals surface area contributed by atoms with Crippen LogP contribution in [0.4, 0.5) is 0 Å². The minimum Gasteiger partial charge on any atom is -0.479 e. The number of unbranched alkanes of at least 4 members (excludes halogenated alkanes) is 3. The van der Waals surface area contributed by atoms with E-state index in [1.54, 1.807) is 0 Å². The van der Waals surface area contributed by atoms with E-state index < -0.39 is 61.3 Å². The van der Waals surface area contributed by atoms with Crippen molar-refractivity contribution >= 4 is 17.9 Å². The van der Waals surface area contributed by atoms with Crippen molar-refractivity contribution in [2.45, 2.75) is 153 Å². The van der Waals surface area contributed by atoms with Gasteiger partial charge in [0, 0.05) is 12.8 Å². The van der Waals surface area contributed by atoms with Crippen molar-refractivity contribution in [1.29, 1.82) is 0 Å². The summed E-state index contributed by atoms with van der Waals surface area (Å²) in [5, 5.41) is 39.7. The number of carboxylic acids is 1. The Morgan fingerprint density at radius 3 is 1.43 bits per heavy atom. The third-order valence-electron chi connectivity index (χ3n) is 8.62. The van der Waals surface area contributed by atoms with Crippen molar-refractivity contribution < 1.29 is 53.8 Å². The summed E-state index contributed by atoms with van der Waals surface area (Å²) in [5.41, 5.74) is 0. The highest BCUT2D eigenvalue weighted by molar-refractivity contribution is 5.73. The number of aliphatic hydroxyl groups excluding tert-OH is 3. The topological polar surface area (TPSA) is 169 Å². The standard InChI is InChI=1S/C47H70O11/c1-3-5-7-9-11-13-15-17-19-20-22-23-25-27-29-31-33-35-40(48)55-37-39(38-56-47-44(52)42(50)43(51)45(58-47)46(53)54)57-41(49)36-34-32-30-28-26-24-21-18-16-14-12-10-8-6-4-2/h5-8,11-14,17-19,21-23,26-29,39,42-45,47,50-52H,3-4,9-10,15-16,20,24-25,30-38H2,1-2H3,(H,53,54)/b7-5-,8-6-,13-11-,14-12-,19-17-,21-18-,23-22-,28-26-,29-27-. The number of esters is 2. The van der Waals surface area contributed by atoms with Crippen LogP contribution >= 0.6 is 0 Å². The lowest BCUT2D eigenvalue weighted by Gasteiger charge is -2.38. The van der Waals surface area contributed by atoms with Crippen LogP contribution in [0.3, 0.4) is 0 Å². The summed E-state index contributed by atoms with van der Waals surface area (Å²) >= 11 is 0. The van der Waals surface area contributed by atoms with Gasteiger partial charge in [-0.25, -0.2) is 4.79 Å². The lowest BCUT2D eigenvalue weighted by molar-refractivity contribution is -0.298. The van der Waals surface area contributed by atoms with E-state index in [1.165, 1.54) is 0 Å². The molecule has 0 bridgehead atoms. The number of aliphatic carboxylic acids is 1. The molecule has 1 heterocycles. The minimum absolute atomic E-state index is 0.111. The summed E-state index contributed by atoms with van der Waals surface area (Å²) in [6.45, 7) is 3.46. The molecule has 4 N–H and O–H groups in total. The zero-order valence-electron chi connectivity index (χ0n) is 34.7. The van der Waals surface area contributed by atoms with Gasteiger partial charge in [0.1, 0.15) is 24.9 Å². The summed E-state index contributed by atoms with van der Waals surface area (Å²) in [5.74, 6) is -2.60. The largest absolute Gasteiger partial charge is 0.479 e. The summed E-state index contributed by atoms with van der Waals surface area (Å²) in [6.07, 6.45) is 40.1. The Morgan fingerprint density at radius 1 is 0.534 bits per heavy atom. The fourth-order valence-corrected chi connectivity index (χ4v) is 5.37. The molecule has 1 rings (SSSR count). The monoisotopic (exact) mass is 810 g/mol.